The molecular weight excluding hydrogens is 398 g/mol. The number of carbonyl (C=O) groups is 1. The summed E-state index contributed by atoms with van der Waals surface area (Å²) < 4.78 is 16.3. The smallest absolute Gasteiger partial charge is 0.336 e. The highest BCUT2D eigenvalue weighted by Gasteiger charge is 2.19. The molecule has 0 aliphatic carbocycles. The van der Waals surface area contributed by atoms with Crippen molar-refractivity contribution in [2.75, 3.05) is 33.4 Å². The number of methoxy groups -OCH3 is 1. The fourth-order valence-electron chi connectivity index (χ4n) is 3.77. The Bertz CT molecular complexity index is 1190. The van der Waals surface area contributed by atoms with Crippen molar-refractivity contribution in [3.8, 4) is 11.5 Å². The minimum Gasteiger partial charge on any atom is -0.507 e. The summed E-state index contributed by atoms with van der Waals surface area (Å²) in [6.07, 6.45) is 2.38. The maximum Gasteiger partial charge on any atom is 0.336 e. The normalized spacial score (nSPS) is 15.2. The number of benzene rings is 2. The van der Waals surface area contributed by atoms with Gasteiger partial charge in [-0.1, -0.05) is 18.2 Å². The van der Waals surface area contributed by atoms with Crippen molar-refractivity contribution in [1.29, 1.82) is 0 Å². The van der Waals surface area contributed by atoms with Gasteiger partial charge in [-0.25, -0.2) is 4.79 Å². The van der Waals surface area contributed by atoms with E-state index in [1.165, 1.54) is 6.07 Å². The van der Waals surface area contributed by atoms with E-state index in [2.05, 4.69) is 4.90 Å². The van der Waals surface area contributed by atoms with Gasteiger partial charge in [-0.3, -0.25) is 9.69 Å². The van der Waals surface area contributed by atoms with Crippen LogP contribution in [0.2, 0.25) is 0 Å². The number of phenolic OH excluding ortho intramolecular Hbond substituents is 1. The number of phenols is 1. The molecule has 0 saturated carbocycles. The Labute approximate surface area is 179 Å². The number of para-hydroxylation sites is 1. The molecule has 160 valence electrons. The monoisotopic (exact) mass is 421 g/mol. The van der Waals surface area contributed by atoms with Gasteiger partial charge in [0.05, 0.1) is 25.9 Å². The number of ether oxygens (including phenoxy) is 2. The standard InChI is InChI=1S/C24H23NO6/c1-29-22-5-3-2-4-16(22)12-17(15-26)19-13-23(28)31-24-18(19)6-7-21(27)20(24)14-25-8-10-30-11-9-25/h2-7,12-13,15,27H,8-11,14H2,1H3/b17-12+. The highest BCUT2D eigenvalue weighted by atomic mass is 16.5. The predicted octanol–water partition coefficient (Wildman–Crippen LogP) is 3.08. The molecule has 7 nitrogen and oxygen atoms in total. The van der Waals surface area contributed by atoms with Gasteiger partial charge >= 0.3 is 5.63 Å². The van der Waals surface area contributed by atoms with Crippen LogP contribution in [-0.4, -0.2) is 49.7 Å². The lowest BCUT2D eigenvalue weighted by atomic mass is 9.98. The van der Waals surface area contributed by atoms with E-state index >= 15 is 0 Å². The third kappa shape index (κ3) is 4.38. The van der Waals surface area contributed by atoms with Crippen molar-refractivity contribution < 1.29 is 23.8 Å². The van der Waals surface area contributed by atoms with Crippen molar-refractivity contribution in [2.45, 2.75) is 6.54 Å². The maximum absolute atomic E-state index is 12.4. The summed E-state index contributed by atoms with van der Waals surface area (Å²) in [7, 11) is 1.56. The zero-order valence-corrected chi connectivity index (χ0v) is 17.2. The van der Waals surface area contributed by atoms with Crippen LogP contribution in [0.1, 0.15) is 16.7 Å². The first kappa shape index (κ1) is 20.8. The first-order valence-electron chi connectivity index (χ1n) is 10.00. The van der Waals surface area contributed by atoms with Crippen molar-refractivity contribution in [1.82, 2.24) is 4.90 Å². The average molecular weight is 421 g/mol. The third-order valence-corrected chi connectivity index (χ3v) is 5.36. The minimum absolute atomic E-state index is 0.0423. The molecular formula is C24H23NO6. The summed E-state index contributed by atoms with van der Waals surface area (Å²) in [4.78, 5) is 26.5. The van der Waals surface area contributed by atoms with E-state index in [1.807, 2.05) is 18.2 Å². The topological polar surface area (TPSA) is 89.2 Å². The first-order chi connectivity index (χ1) is 15.1. The van der Waals surface area contributed by atoms with Crippen molar-refractivity contribution in [3.05, 3.63) is 69.6 Å². The van der Waals surface area contributed by atoms with Crippen LogP contribution in [0.15, 0.2) is 51.7 Å². The summed E-state index contributed by atoms with van der Waals surface area (Å²) in [5.74, 6) is 0.653. The van der Waals surface area contributed by atoms with Gasteiger partial charge in [0.15, 0.2) is 6.29 Å². The van der Waals surface area contributed by atoms with Crippen LogP contribution in [0.25, 0.3) is 22.6 Å². The molecule has 31 heavy (non-hydrogen) atoms. The number of fused-ring (bicyclic) bond motifs is 1. The van der Waals surface area contributed by atoms with E-state index in [0.29, 0.717) is 72.5 Å². The van der Waals surface area contributed by atoms with E-state index in [-0.39, 0.29) is 11.3 Å². The molecule has 1 aliphatic rings. The molecule has 0 amide bonds. The first-order valence-corrected chi connectivity index (χ1v) is 10.00. The zero-order chi connectivity index (χ0) is 21.8. The lowest BCUT2D eigenvalue weighted by Crippen LogP contribution is -2.35. The largest absolute Gasteiger partial charge is 0.507 e. The Kier molecular flexibility index (Phi) is 6.16. The fraction of sp³-hybridized carbons (Fsp3) is 0.250. The Morgan fingerprint density at radius 1 is 1.19 bits per heavy atom. The summed E-state index contributed by atoms with van der Waals surface area (Å²) in [6, 6.07) is 11.8. The van der Waals surface area contributed by atoms with Gasteiger partial charge in [-0.05, 0) is 24.3 Å². The summed E-state index contributed by atoms with van der Waals surface area (Å²) >= 11 is 0. The number of aromatic hydroxyl groups is 1. The molecule has 1 fully saturated rings. The second-order valence-electron chi connectivity index (χ2n) is 7.27. The van der Waals surface area contributed by atoms with Crippen molar-refractivity contribution in [3.63, 3.8) is 0 Å². The molecule has 1 saturated heterocycles. The molecule has 4 rings (SSSR count). The molecule has 1 aromatic heterocycles. The van der Waals surface area contributed by atoms with Crippen LogP contribution in [-0.2, 0) is 16.1 Å². The average Bonchev–Trinajstić information content (AvgIpc) is 2.80. The van der Waals surface area contributed by atoms with E-state index in [4.69, 9.17) is 13.9 Å². The SMILES string of the molecule is COc1ccccc1/C=C(\C=O)c1cc(=O)oc2c(CN3CCOCC3)c(O)ccc12. The van der Waals surface area contributed by atoms with E-state index in [1.54, 1.807) is 31.4 Å². The summed E-state index contributed by atoms with van der Waals surface area (Å²) in [6.45, 7) is 3.06. The molecule has 0 unspecified atom stereocenters. The number of nitrogens with zero attached hydrogens (tertiary/aromatic N) is 1. The summed E-state index contributed by atoms with van der Waals surface area (Å²) in [5.41, 5.74) is 1.66. The van der Waals surface area contributed by atoms with Crippen LogP contribution in [0.3, 0.4) is 0 Å². The van der Waals surface area contributed by atoms with Gasteiger partial charge in [0.25, 0.3) is 0 Å². The van der Waals surface area contributed by atoms with Gasteiger partial charge in [0.2, 0.25) is 0 Å². The summed E-state index contributed by atoms with van der Waals surface area (Å²) in [5, 5.41) is 11.1. The van der Waals surface area contributed by atoms with Gasteiger partial charge < -0.3 is 19.0 Å². The predicted molar refractivity (Wildman–Crippen MR) is 117 cm³/mol. The molecule has 0 bridgehead atoms. The van der Waals surface area contributed by atoms with Crippen LogP contribution >= 0.6 is 0 Å². The molecule has 0 atom stereocenters. The molecule has 0 spiro atoms. The zero-order valence-electron chi connectivity index (χ0n) is 17.2. The number of carbonyl (C=O) groups excluding carboxylic acids is 1. The number of aldehydes is 1. The van der Waals surface area contributed by atoms with E-state index in [0.717, 1.165) is 0 Å². The van der Waals surface area contributed by atoms with Crippen molar-refractivity contribution >= 4 is 28.9 Å². The second-order valence-corrected chi connectivity index (χ2v) is 7.27. The Hall–Kier alpha value is -3.42. The van der Waals surface area contributed by atoms with Gasteiger partial charge in [0, 0.05) is 47.8 Å². The Morgan fingerprint density at radius 3 is 2.71 bits per heavy atom. The number of allylic oxidation sites excluding steroid dienone is 1. The molecule has 3 aromatic rings. The molecule has 2 heterocycles. The van der Waals surface area contributed by atoms with Crippen LogP contribution < -0.4 is 10.4 Å². The third-order valence-electron chi connectivity index (χ3n) is 5.36. The van der Waals surface area contributed by atoms with Gasteiger partial charge in [-0.15, -0.1) is 0 Å². The lowest BCUT2D eigenvalue weighted by molar-refractivity contribution is -0.103. The van der Waals surface area contributed by atoms with Gasteiger partial charge in [0.1, 0.15) is 17.1 Å². The van der Waals surface area contributed by atoms with Gasteiger partial charge in [-0.2, -0.15) is 0 Å². The highest BCUT2D eigenvalue weighted by molar-refractivity contribution is 6.17. The van der Waals surface area contributed by atoms with Crippen LogP contribution in [0, 0.1) is 0 Å². The van der Waals surface area contributed by atoms with Crippen molar-refractivity contribution in [2.24, 2.45) is 0 Å². The number of morpholine rings is 1. The molecule has 1 aliphatic heterocycles. The quantitative estimate of drug-likeness (QED) is 0.372. The van der Waals surface area contributed by atoms with Crippen LogP contribution in [0.4, 0.5) is 0 Å². The minimum atomic E-state index is -0.593. The van der Waals surface area contributed by atoms with Crippen LogP contribution in [0.5, 0.6) is 11.5 Å². The highest BCUT2D eigenvalue weighted by Crippen LogP contribution is 2.33. The van der Waals surface area contributed by atoms with E-state index < -0.39 is 5.63 Å². The van der Waals surface area contributed by atoms with E-state index in [9.17, 15) is 14.7 Å². The number of hydrogen-bond donors (Lipinski definition) is 1. The number of hydrogen-bond acceptors (Lipinski definition) is 7. The Morgan fingerprint density at radius 2 is 1.97 bits per heavy atom. The lowest BCUT2D eigenvalue weighted by Gasteiger charge is -2.27. The molecule has 7 heteroatoms. The fourth-order valence-corrected chi connectivity index (χ4v) is 3.77. The second kappa shape index (κ2) is 9.16. The molecule has 2 aromatic carbocycles. The number of rotatable bonds is 6. The maximum atomic E-state index is 12.4. The molecule has 0 radical (unpaired) electrons. The molecule has 1 N–H and O–H groups in total. The Balaban J connectivity index is 1.86.